The van der Waals surface area contributed by atoms with Gasteiger partial charge in [-0.05, 0) is 89.5 Å². The average molecular weight is 569 g/mol. The number of aryl methyl sites for hydroxylation is 6. The zero-order chi connectivity index (χ0) is 28.9. The molecular weight excluding hydrogens is 528 g/mol. The highest BCUT2D eigenvalue weighted by atomic mass is 35.5. The van der Waals surface area contributed by atoms with Crippen molar-refractivity contribution in [1.29, 1.82) is 0 Å². The Hall–Kier alpha value is -2.90. The molecule has 39 heavy (non-hydrogen) atoms. The van der Waals surface area contributed by atoms with Crippen molar-refractivity contribution in [2.75, 3.05) is 12.9 Å². The van der Waals surface area contributed by atoms with E-state index in [4.69, 9.17) is 27.2 Å². The monoisotopic (exact) mass is 568 g/mol. The maximum atomic E-state index is 11.7. The maximum Gasteiger partial charge on any atom is 0.219 e. The lowest BCUT2D eigenvalue weighted by atomic mass is 9.98. The molecule has 2 aromatic heterocycles. The Bertz CT molecular complexity index is 1450. The molecule has 2 N–H and O–H groups in total. The van der Waals surface area contributed by atoms with Gasteiger partial charge in [-0.3, -0.25) is 9.48 Å². The molecule has 0 unspecified atom stereocenters. The van der Waals surface area contributed by atoms with Crippen LogP contribution in [0.15, 0.2) is 30.3 Å². The van der Waals surface area contributed by atoms with Gasteiger partial charge in [-0.1, -0.05) is 29.8 Å². The third-order valence-corrected chi connectivity index (χ3v) is 7.85. The minimum absolute atomic E-state index is 0.295. The fourth-order valence-corrected chi connectivity index (χ4v) is 5.55. The predicted molar refractivity (Wildman–Crippen MR) is 167 cm³/mol. The number of primary amides is 1. The van der Waals surface area contributed by atoms with Gasteiger partial charge in [-0.15, -0.1) is 0 Å². The predicted octanol–water partition coefficient (Wildman–Crippen LogP) is 7.15. The topological polar surface area (TPSA) is 75.1 Å². The number of hydrogen-bond donors (Lipinski definition) is 2. The number of ether oxygens (including phenoxy) is 1. The van der Waals surface area contributed by atoms with E-state index in [-0.39, 0.29) is 5.91 Å². The lowest BCUT2D eigenvalue weighted by Crippen LogP contribution is -2.14. The van der Waals surface area contributed by atoms with E-state index in [2.05, 4.69) is 63.1 Å². The molecule has 0 atom stereocenters. The van der Waals surface area contributed by atoms with Crippen LogP contribution in [0.5, 0.6) is 5.75 Å². The van der Waals surface area contributed by atoms with E-state index in [9.17, 15) is 4.79 Å². The van der Waals surface area contributed by atoms with E-state index in [0.29, 0.717) is 19.6 Å². The van der Waals surface area contributed by atoms with Gasteiger partial charge in [0.15, 0.2) is 0 Å². The van der Waals surface area contributed by atoms with Crippen molar-refractivity contribution >= 4 is 41.0 Å². The van der Waals surface area contributed by atoms with E-state index in [1.54, 1.807) is 6.26 Å². The van der Waals surface area contributed by atoms with Gasteiger partial charge in [0.05, 0.1) is 17.8 Å². The number of aromatic nitrogens is 3. The molecule has 0 radical (unpaired) electrons. The summed E-state index contributed by atoms with van der Waals surface area (Å²) in [4.78, 5) is 11.7. The van der Waals surface area contributed by atoms with Crippen LogP contribution in [0.2, 0.25) is 5.02 Å². The Morgan fingerprint density at radius 1 is 1.08 bits per heavy atom. The SMILES string of the molecule is CCn1nc(C)c(-c2cccc3c(CCCOc4cc(C)c(Cl)c(C)c4)c(C)n(CCC(N)=O)c23)c1C.CS. The molecule has 8 heteroatoms. The number of carbonyl (C=O) groups is 1. The van der Waals surface area contributed by atoms with Crippen molar-refractivity contribution in [1.82, 2.24) is 14.3 Å². The van der Waals surface area contributed by atoms with E-state index in [1.807, 2.05) is 30.7 Å². The first-order valence-electron chi connectivity index (χ1n) is 13.4. The number of amides is 1. The van der Waals surface area contributed by atoms with Crippen molar-refractivity contribution in [2.24, 2.45) is 5.73 Å². The first-order chi connectivity index (χ1) is 18.6. The van der Waals surface area contributed by atoms with Gasteiger partial charge in [0.25, 0.3) is 0 Å². The highest BCUT2D eigenvalue weighted by Crippen LogP contribution is 2.38. The van der Waals surface area contributed by atoms with Gasteiger partial charge in [0.1, 0.15) is 5.75 Å². The van der Waals surface area contributed by atoms with Crippen LogP contribution in [0, 0.1) is 34.6 Å². The maximum absolute atomic E-state index is 11.7. The van der Waals surface area contributed by atoms with Crippen LogP contribution < -0.4 is 10.5 Å². The van der Waals surface area contributed by atoms with Crippen LogP contribution in [-0.4, -0.2) is 33.1 Å². The molecule has 0 fully saturated rings. The number of hydrogen-bond acceptors (Lipinski definition) is 4. The summed E-state index contributed by atoms with van der Waals surface area (Å²) in [6.45, 7) is 14.4. The minimum atomic E-state index is -0.298. The van der Waals surface area contributed by atoms with Crippen molar-refractivity contribution in [3.8, 4) is 16.9 Å². The Balaban J connectivity index is 0.00000205. The van der Waals surface area contributed by atoms with E-state index in [0.717, 1.165) is 69.3 Å². The van der Waals surface area contributed by atoms with E-state index < -0.39 is 0 Å². The normalized spacial score (nSPS) is 11.0. The van der Waals surface area contributed by atoms with Crippen molar-refractivity contribution in [3.63, 3.8) is 0 Å². The van der Waals surface area contributed by atoms with Crippen molar-refractivity contribution in [2.45, 2.75) is 73.9 Å². The average Bonchev–Trinajstić information content (AvgIpc) is 3.36. The fraction of sp³-hybridized carbons (Fsp3) is 0.419. The summed E-state index contributed by atoms with van der Waals surface area (Å²) in [6, 6.07) is 10.5. The number of benzene rings is 2. The number of halogens is 1. The van der Waals surface area contributed by atoms with Crippen LogP contribution in [0.25, 0.3) is 22.0 Å². The minimum Gasteiger partial charge on any atom is -0.494 e. The highest BCUT2D eigenvalue weighted by molar-refractivity contribution is 7.79. The Morgan fingerprint density at radius 2 is 1.74 bits per heavy atom. The van der Waals surface area contributed by atoms with Gasteiger partial charge in [0.2, 0.25) is 5.91 Å². The van der Waals surface area contributed by atoms with Gasteiger partial charge in [-0.25, -0.2) is 0 Å². The molecule has 0 aliphatic carbocycles. The quantitative estimate of drug-likeness (QED) is 0.157. The van der Waals surface area contributed by atoms with Crippen molar-refractivity contribution < 1.29 is 9.53 Å². The number of carbonyl (C=O) groups excluding carboxylic acids is 1. The summed E-state index contributed by atoms with van der Waals surface area (Å²) in [5.74, 6) is 0.551. The molecule has 4 rings (SSSR count). The number of nitrogens with zero attached hydrogens (tertiary/aromatic N) is 3. The third kappa shape index (κ3) is 6.47. The van der Waals surface area contributed by atoms with Crippen LogP contribution >= 0.6 is 24.2 Å². The summed E-state index contributed by atoms with van der Waals surface area (Å²) >= 11 is 9.83. The first-order valence-corrected chi connectivity index (χ1v) is 14.7. The number of para-hydroxylation sites is 1. The molecule has 1 amide bonds. The standard InChI is InChI=1S/C30H37ClN4O2.CH4S/c1-7-35-22(6)28(20(4)33-35)26-11-8-10-25-24(21(5)34(30(25)26)14-13-27(32)36)12-9-15-37-23-16-18(2)29(31)19(3)17-23;1-2/h8,10-11,16-17H,7,9,12-15H2,1-6H3,(H2,32,36);2H,1H3. The van der Waals surface area contributed by atoms with Crippen LogP contribution in [0.4, 0.5) is 0 Å². The molecule has 0 saturated heterocycles. The van der Waals surface area contributed by atoms with E-state index >= 15 is 0 Å². The summed E-state index contributed by atoms with van der Waals surface area (Å²) in [5, 5.41) is 6.76. The molecule has 0 aliphatic heterocycles. The smallest absolute Gasteiger partial charge is 0.219 e. The summed E-state index contributed by atoms with van der Waals surface area (Å²) in [7, 11) is 0. The largest absolute Gasteiger partial charge is 0.494 e. The van der Waals surface area contributed by atoms with E-state index in [1.165, 1.54) is 16.6 Å². The Labute approximate surface area is 242 Å². The number of nitrogens with two attached hydrogens (primary N) is 1. The Morgan fingerprint density at radius 3 is 2.33 bits per heavy atom. The van der Waals surface area contributed by atoms with Crippen LogP contribution in [0.1, 0.15) is 53.5 Å². The van der Waals surface area contributed by atoms with Gasteiger partial charge in [-0.2, -0.15) is 17.7 Å². The molecule has 0 spiro atoms. The zero-order valence-corrected chi connectivity index (χ0v) is 25.8. The van der Waals surface area contributed by atoms with Gasteiger partial charge < -0.3 is 15.0 Å². The second-order valence-electron chi connectivity index (χ2n) is 9.82. The lowest BCUT2D eigenvalue weighted by Gasteiger charge is -2.12. The molecule has 0 aliphatic rings. The van der Waals surface area contributed by atoms with Gasteiger partial charge >= 0.3 is 0 Å². The fourth-order valence-electron chi connectivity index (χ4n) is 5.45. The van der Waals surface area contributed by atoms with Crippen LogP contribution in [0.3, 0.4) is 0 Å². The van der Waals surface area contributed by atoms with Crippen molar-refractivity contribution in [3.05, 3.63) is 69.1 Å². The molecular formula is C31H41ClN4O2S. The third-order valence-electron chi connectivity index (χ3n) is 7.25. The molecule has 210 valence electrons. The molecule has 0 saturated carbocycles. The van der Waals surface area contributed by atoms with Gasteiger partial charge in [0, 0.05) is 52.4 Å². The number of thiol groups is 1. The summed E-state index contributed by atoms with van der Waals surface area (Å²) in [6.07, 6.45) is 3.72. The van der Waals surface area contributed by atoms with Crippen LogP contribution in [-0.2, 0) is 24.3 Å². The number of fused-ring (bicyclic) bond motifs is 1. The highest BCUT2D eigenvalue weighted by Gasteiger charge is 2.21. The number of rotatable bonds is 10. The second-order valence-corrected chi connectivity index (χ2v) is 10.2. The molecule has 2 heterocycles. The molecule has 4 aromatic rings. The second kappa shape index (κ2) is 13.4. The lowest BCUT2D eigenvalue weighted by molar-refractivity contribution is -0.118. The molecule has 2 aromatic carbocycles. The Kier molecular flexibility index (Phi) is 10.6. The molecule has 0 bridgehead atoms. The zero-order valence-electron chi connectivity index (χ0n) is 24.2. The first kappa shape index (κ1) is 30.6. The summed E-state index contributed by atoms with van der Waals surface area (Å²) in [5.41, 5.74) is 15.7. The summed E-state index contributed by atoms with van der Waals surface area (Å²) < 4.78 is 10.4. The molecule has 6 nitrogen and oxygen atoms in total.